The van der Waals surface area contributed by atoms with Gasteiger partial charge in [0.25, 0.3) is 15.9 Å². The number of nitro groups is 1. The minimum Gasteiger partial charge on any atom is -0.502 e. The first kappa shape index (κ1) is 24.5. The Kier molecular flexibility index (Phi) is 7.01. The molecule has 178 valence electrons. The molecule has 3 aromatic carbocycles. The third-order valence-corrected chi connectivity index (χ3v) is 6.20. The lowest BCUT2D eigenvalue weighted by atomic mass is 10.1. The number of hydrogen-bond donors (Lipinski definition) is 2. The molecule has 0 saturated heterocycles. The summed E-state index contributed by atoms with van der Waals surface area (Å²) >= 11 is 0. The normalized spacial score (nSPS) is 11.0. The molecule has 0 spiro atoms. The number of nitrogens with one attached hydrogen (secondary N) is 1. The SMILES string of the molecule is COc1ccc(CN(C)C(=O)c2ccc(NS(=O)(=O)c3ccc(O)c([N+](=O)[O-])c3)cc2)cc1F. The summed E-state index contributed by atoms with van der Waals surface area (Å²) in [6.45, 7) is 0.133. The largest absolute Gasteiger partial charge is 0.502 e. The van der Waals surface area contributed by atoms with E-state index in [0.717, 1.165) is 18.2 Å². The Bertz CT molecular complexity index is 1350. The van der Waals surface area contributed by atoms with Gasteiger partial charge in [-0.25, -0.2) is 12.8 Å². The number of nitrogens with zero attached hydrogens (tertiary/aromatic N) is 2. The molecule has 0 saturated carbocycles. The van der Waals surface area contributed by atoms with Crippen LogP contribution in [-0.4, -0.2) is 43.4 Å². The van der Waals surface area contributed by atoms with Gasteiger partial charge in [-0.2, -0.15) is 0 Å². The highest BCUT2D eigenvalue weighted by Gasteiger charge is 2.21. The van der Waals surface area contributed by atoms with E-state index in [9.17, 15) is 32.8 Å². The van der Waals surface area contributed by atoms with Gasteiger partial charge < -0.3 is 14.7 Å². The van der Waals surface area contributed by atoms with Crippen LogP contribution in [-0.2, 0) is 16.6 Å². The van der Waals surface area contributed by atoms with E-state index in [1.807, 2.05) is 0 Å². The van der Waals surface area contributed by atoms with Gasteiger partial charge in [-0.3, -0.25) is 19.6 Å². The molecule has 3 rings (SSSR count). The zero-order chi connectivity index (χ0) is 25.0. The molecule has 0 heterocycles. The van der Waals surface area contributed by atoms with Crippen LogP contribution in [0.4, 0.5) is 15.8 Å². The number of phenolic OH excluding ortho intramolecular Hbond substituents is 1. The number of halogens is 1. The predicted molar refractivity (Wildman–Crippen MR) is 121 cm³/mol. The number of carbonyl (C=O) groups excluding carboxylic acids is 1. The number of aromatic hydroxyl groups is 1. The van der Waals surface area contributed by atoms with Crippen molar-refractivity contribution < 1.29 is 32.4 Å². The number of amides is 1. The van der Waals surface area contributed by atoms with Crippen LogP contribution in [0.5, 0.6) is 11.5 Å². The maximum atomic E-state index is 13.9. The van der Waals surface area contributed by atoms with Crippen molar-refractivity contribution in [2.75, 3.05) is 18.9 Å². The second-order valence-electron chi connectivity index (χ2n) is 7.22. The van der Waals surface area contributed by atoms with Crippen LogP contribution >= 0.6 is 0 Å². The van der Waals surface area contributed by atoms with Crippen LogP contribution in [0.2, 0.25) is 0 Å². The van der Waals surface area contributed by atoms with E-state index < -0.39 is 37.1 Å². The molecule has 0 aliphatic heterocycles. The van der Waals surface area contributed by atoms with Gasteiger partial charge >= 0.3 is 5.69 Å². The number of carbonyl (C=O) groups is 1. The quantitative estimate of drug-likeness (QED) is 0.364. The second kappa shape index (κ2) is 9.75. The lowest BCUT2D eigenvalue weighted by molar-refractivity contribution is -0.386. The van der Waals surface area contributed by atoms with Gasteiger partial charge in [-0.1, -0.05) is 6.07 Å². The first-order valence-corrected chi connectivity index (χ1v) is 11.2. The van der Waals surface area contributed by atoms with E-state index in [-0.39, 0.29) is 29.5 Å². The molecular formula is C22H20FN3O7S. The number of anilines is 1. The molecule has 0 aliphatic carbocycles. The van der Waals surface area contributed by atoms with Crippen LogP contribution in [0.15, 0.2) is 65.6 Å². The molecule has 12 heteroatoms. The monoisotopic (exact) mass is 489 g/mol. The zero-order valence-corrected chi connectivity index (χ0v) is 18.9. The van der Waals surface area contributed by atoms with Crippen molar-refractivity contribution in [1.82, 2.24) is 4.90 Å². The molecule has 0 aliphatic rings. The van der Waals surface area contributed by atoms with E-state index in [0.29, 0.717) is 5.56 Å². The maximum absolute atomic E-state index is 13.9. The molecule has 0 bridgehead atoms. The summed E-state index contributed by atoms with van der Waals surface area (Å²) in [6.07, 6.45) is 0. The fourth-order valence-corrected chi connectivity index (χ4v) is 4.16. The molecule has 1 amide bonds. The Balaban J connectivity index is 1.72. The Morgan fingerprint density at radius 1 is 1.15 bits per heavy atom. The standard InChI is InChI=1S/C22H20FN3O7S/c1-25(13-14-3-10-21(33-2)18(23)11-14)22(28)15-4-6-16(7-5-15)24-34(31,32)17-8-9-20(27)19(12-17)26(29)30/h3-12,24,27H,13H2,1-2H3. The van der Waals surface area contributed by atoms with Crippen LogP contribution < -0.4 is 9.46 Å². The summed E-state index contributed by atoms with van der Waals surface area (Å²) in [7, 11) is -1.30. The van der Waals surface area contributed by atoms with Crippen LogP contribution in [0.1, 0.15) is 15.9 Å². The molecule has 2 N–H and O–H groups in total. The number of hydrogen-bond acceptors (Lipinski definition) is 7. The summed E-state index contributed by atoms with van der Waals surface area (Å²) in [4.78, 5) is 23.7. The van der Waals surface area contributed by atoms with Crippen LogP contribution in [0.25, 0.3) is 0 Å². The lowest BCUT2D eigenvalue weighted by Gasteiger charge is -2.18. The number of phenols is 1. The van der Waals surface area contributed by atoms with E-state index in [1.54, 1.807) is 13.1 Å². The Morgan fingerprint density at radius 2 is 1.82 bits per heavy atom. The molecular weight excluding hydrogens is 469 g/mol. The molecule has 0 atom stereocenters. The average molecular weight is 489 g/mol. The molecule has 10 nitrogen and oxygen atoms in total. The highest BCUT2D eigenvalue weighted by atomic mass is 32.2. The fraction of sp³-hybridized carbons (Fsp3) is 0.136. The zero-order valence-electron chi connectivity index (χ0n) is 18.1. The van der Waals surface area contributed by atoms with Crippen molar-refractivity contribution in [3.05, 3.63) is 87.7 Å². The topological polar surface area (TPSA) is 139 Å². The Labute approximate surface area is 194 Å². The molecule has 3 aromatic rings. The smallest absolute Gasteiger partial charge is 0.312 e. The van der Waals surface area contributed by atoms with E-state index in [2.05, 4.69) is 4.72 Å². The summed E-state index contributed by atoms with van der Waals surface area (Å²) in [5, 5.41) is 20.4. The van der Waals surface area contributed by atoms with Crippen molar-refractivity contribution in [1.29, 1.82) is 0 Å². The third-order valence-electron chi connectivity index (χ3n) is 4.82. The summed E-state index contributed by atoms with van der Waals surface area (Å²) in [5.74, 6) is -1.48. The number of benzene rings is 3. The number of rotatable bonds is 8. The molecule has 0 aromatic heterocycles. The van der Waals surface area contributed by atoms with Gasteiger partial charge in [0.2, 0.25) is 0 Å². The van der Waals surface area contributed by atoms with Crippen molar-refractivity contribution in [3.63, 3.8) is 0 Å². The first-order valence-electron chi connectivity index (χ1n) is 9.70. The van der Waals surface area contributed by atoms with Gasteiger partial charge in [0.15, 0.2) is 17.3 Å². The minimum atomic E-state index is -4.19. The summed E-state index contributed by atoms with van der Waals surface area (Å²) in [5.41, 5.74) is 0.192. The average Bonchev–Trinajstić information content (AvgIpc) is 2.79. The lowest BCUT2D eigenvalue weighted by Crippen LogP contribution is -2.26. The number of ether oxygens (including phenoxy) is 1. The highest BCUT2D eigenvalue weighted by Crippen LogP contribution is 2.29. The second-order valence-corrected chi connectivity index (χ2v) is 8.90. The van der Waals surface area contributed by atoms with Gasteiger partial charge in [-0.05, 0) is 54.1 Å². The van der Waals surface area contributed by atoms with E-state index >= 15 is 0 Å². The fourth-order valence-electron chi connectivity index (χ4n) is 3.09. The first-order chi connectivity index (χ1) is 16.0. The Hall–Kier alpha value is -4.19. The van der Waals surface area contributed by atoms with E-state index in [4.69, 9.17) is 4.74 Å². The van der Waals surface area contributed by atoms with Crippen molar-refractivity contribution in [2.24, 2.45) is 0 Å². The van der Waals surface area contributed by atoms with E-state index in [1.165, 1.54) is 48.4 Å². The molecule has 0 radical (unpaired) electrons. The molecule has 0 unspecified atom stereocenters. The summed E-state index contributed by atoms with van der Waals surface area (Å²) in [6, 6.07) is 12.6. The van der Waals surface area contributed by atoms with Gasteiger partial charge in [0.1, 0.15) is 0 Å². The highest BCUT2D eigenvalue weighted by molar-refractivity contribution is 7.92. The van der Waals surface area contributed by atoms with Gasteiger partial charge in [0.05, 0.1) is 16.9 Å². The number of sulfonamides is 1. The van der Waals surface area contributed by atoms with Crippen LogP contribution in [0.3, 0.4) is 0 Å². The van der Waals surface area contributed by atoms with Crippen molar-refractivity contribution >= 4 is 27.3 Å². The molecule has 34 heavy (non-hydrogen) atoms. The molecule has 0 fully saturated rings. The Morgan fingerprint density at radius 3 is 2.41 bits per heavy atom. The van der Waals surface area contributed by atoms with Crippen molar-refractivity contribution in [3.8, 4) is 11.5 Å². The van der Waals surface area contributed by atoms with Crippen LogP contribution in [0, 0.1) is 15.9 Å². The summed E-state index contributed by atoms with van der Waals surface area (Å²) < 4.78 is 46.1. The van der Waals surface area contributed by atoms with Crippen molar-refractivity contribution in [2.45, 2.75) is 11.4 Å². The van der Waals surface area contributed by atoms with Gasteiger partial charge in [-0.15, -0.1) is 0 Å². The van der Waals surface area contributed by atoms with Gasteiger partial charge in [0, 0.05) is 30.9 Å². The number of methoxy groups -OCH3 is 1. The predicted octanol–water partition coefficient (Wildman–Crippen LogP) is 3.52. The maximum Gasteiger partial charge on any atom is 0.312 e. The minimum absolute atomic E-state index is 0.0951. The number of nitro benzene ring substituents is 1. The third kappa shape index (κ3) is 5.41.